The maximum absolute atomic E-state index is 6.56. The third-order valence-electron chi connectivity index (χ3n) is 4.19. The summed E-state index contributed by atoms with van der Waals surface area (Å²) in [5.41, 5.74) is 7.48. The molecule has 0 heterocycles. The van der Waals surface area contributed by atoms with Crippen molar-refractivity contribution in [1.82, 2.24) is 0 Å². The summed E-state index contributed by atoms with van der Waals surface area (Å²) in [5.74, 6) is 0.856. The maximum Gasteiger partial charge on any atom is 0.0595 e. The molecular formula is C15H21Cl2N. The smallest absolute Gasteiger partial charge is 0.0595 e. The quantitative estimate of drug-likeness (QED) is 0.818. The summed E-state index contributed by atoms with van der Waals surface area (Å²) >= 11 is 12.0. The molecule has 1 saturated carbocycles. The van der Waals surface area contributed by atoms with Gasteiger partial charge in [0.05, 0.1) is 10.0 Å². The molecule has 1 nitrogen and oxygen atoms in total. The fraction of sp³-hybridized carbons (Fsp3) is 0.600. The molecule has 0 unspecified atom stereocenters. The Morgan fingerprint density at radius 2 is 1.89 bits per heavy atom. The van der Waals surface area contributed by atoms with Gasteiger partial charge < -0.3 is 5.73 Å². The van der Waals surface area contributed by atoms with Gasteiger partial charge in [0.1, 0.15) is 0 Å². The number of benzene rings is 1. The summed E-state index contributed by atoms with van der Waals surface area (Å²) < 4.78 is 0. The summed E-state index contributed by atoms with van der Waals surface area (Å²) in [7, 11) is 0. The van der Waals surface area contributed by atoms with Gasteiger partial charge in [0, 0.05) is 5.54 Å². The lowest BCUT2D eigenvalue weighted by molar-refractivity contribution is 0.226. The van der Waals surface area contributed by atoms with Gasteiger partial charge in [-0.15, -0.1) is 0 Å². The van der Waals surface area contributed by atoms with E-state index in [2.05, 4.69) is 6.92 Å². The molecule has 0 aliphatic heterocycles. The van der Waals surface area contributed by atoms with Gasteiger partial charge in [-0.05, 0) is 49.3 Å². The van der Waals surface area contributed by atoms with Crippen molar-refractivity contribution in [1.29, 1.82) is 0 Å². The standard InChI is InChI=1S/C15H21Cl2N/c1-2-3-11-6-8-15(18,9-7-11)12-4-5-13(16)14(17)10-12/h4-5,10-11H,2-3,6-9,18H2,1H3. The largest absolute Gasteiger partial charge is 0.321 e. The van der Waals surface area contributed by atoms with Crippen LogP contribution in [0.25, 0.3) is 0 Å². The molecule has 0 spiro atoms. The second-order valence-electron chi connectivity index (χ2n) is 5.52. The van der Waals surface area contributed by atoms with Crippen molar-refractivity contribution in [2.24, 2.45) is 11.7 Å². The summed E-state index contributed by atoms with van der Waals surface area (Å²) in [6, 6.07) is 5.81. The molecule has 1 aromatic rings. The summed E-state index contributed by atoms with van der Waals surface area (Å²) in [6.45, 7) is 2.25. The molecule has 1 aliphatic carbocycles. The lowest BCUT2D eigenvalue weighted by Gasteiger charge is -2.37. The molecule has 2 rings (SSSR count). The van der Waals surface area contributed by atoms with E-state index in [0.29, 0.717) is 10.0 Å². The van der Waals surface area contributed by atoms with Crippen LogP contribution in [0.3, 0.4) is 0 Å². The van der Waals surface area contributed by atoms with E-state index in [1.165, 1.54) is 25.7 Å². The van der Waals surface area contributed by atoms with Crippen LogP contribution >= 0.6 is 23.2 Å². The van der Waals surface area contributed by atoms with Crippen LogP contribution in [0, 0.1) is 5.92 Å². The zero-order valence-electron chi connectivity index (χ0n) is 10.9. The molecule has 3 heteroatoms. The van der Waals surface area contributed by atoms with Crippen LogP contribution in [-0.4, -0.2) is 0 Å². The van der Waals surface area contributed by atoms with Crippen molar-refractivity contribution in [2.75, 3.05) is 0 Å². The lowest BCUT2D eigenvalue weighted by atomic mass is 9.72. The number of halogens is 2. The number of nitrogens with two attached hydrogens (primary N) is 1. The SMILES string of the molecule is CCCC1CCC(N)(c2ccc(Cl)c(Cl)c2)CC1. The maximum atomic E-state index is 6.56. The molecule has 100 valence electrons. The van der Waals surface area contributed by atoms with Gasteiger partial charge in [0.2, 0.25) is 0 Å². The molecule has 0 saturated heterocycles. The minimum absolute atomic E-state index is 0.210. The fourth-order valence-corrected chi connectivity index (χ4v) is 3.28. The molecule has 0 bridgehead atoms. The molecule has 0 aromatic heterocycles. The Morgan fingerprint density at radius 3 is 2.44 bits per heavy atom. The molecule has 0 amide bonds. The molecule has 0 atom stereocenters. The first-order chi connectivity index (χ1) is 8.55. The Balaban J connectivity index is 2.10. The highest BCUT2D eigenvalue weighted by Gasteiger charge is 2.33. The Bertz CT molecular complexity index is 409. The van der Waals surface area contributed by atoms with E-state index in [4.69, 9.17) is 28.9 Å². The monoisotopic (exact) mass is 285 g/mol. The van der Waals surface area contributed by atoms with Crippen molar-refractivity contribution < 1.29 is 0 Å². The van der Waals surface area contributed by atoms with Crippen molar-refractivity contribution in [3.05, 3.63) is 33.8 Å². The fourth-order valence-electron chi connectivity index (χ4n) is 2.98. The second kappa shape index (κ2) is 5.81. The van der Waals surface area contributed by atoms with Crippen LogP contribution < -0.4 is 5.73 Å². The minimum atomic E-state index is -0.210. The van der Waals surface area contributed by atoms with Crippen molar-refractivity contribution in [2.45, 2.75) is 51.0 Å². The Labute approximate surface area is 120 Å². The zero-order chi connectivity index (χ0) is 13.2. The molecule has 0 radical (unpaired) electrons. The van der Waals surface area contributed by atoms with E-state index < -0.39 is 0 Å². The Kier molecular flexibility index (Phi) is 4.58. The van der Waals surface area contributed by atoms with Gasteiger partial charge in [-0.3, -0.25) is 0 Å². The van der Waals surface area contributed by atoms with Crippen LogP contribution in [-0.2, 0) is 5.54 Å². The number of hydrogen-bond donors (Lipinski definition) is 1. The van der Waals surface area contributed by atoms with E-state index >= 15 is 0 Å². The van der Waals surface area contributed by atoms with E-state index in [1.807, 2.05) is 18.2 Å². The summed E-state index contributed by atoms with van der Waals surface area (Å²) in [6.07, 6.45) is 7.16. The van der Waals surface area contributed by atoms with Gasteiger partial charge in [0.15, 0.2) is 0 Å². The molecule has 1 fully saturated rings. The topological polar surface area (TPSA) is 26.0 Å². The highest BCUT2D eigenvalue weighted by molar-refractivity contribution is 6.42. The number of rotatable bonds is 3. The average Bonchev–Trinajstić information content (AvgIpc) is 2.36. The molecular weight excluding hydrogens is 265 g/mol. The van der Waals surface area contributed by atoms with Crippen LogP contribution in [0.4, 0.5) is 0 Å². The Morgan fingerprint density at radius 1 is 1.22 bits per heavy atom. The average molecular weight is 286 g/mol. The van der Waals surface area contributed by atoms with Gasteiger partial charge in [0.25, 0.3) is 0 Å². The van der Waals surface area contributed by atoms with Gasteiger partial charge in [-0.1, -0.05) is 49.0 Å². The van der Waals surface area contributed by atoms with Crippen LogP contribution in [0.1, 0.15) is 51.0 Å². The summed E-state index contributed by atoms with van der Waals surface area (Å²) in [5, 5.41) is 1.21. The predicted molar refractivity (Wildman–Crippen MR) is 79.2 cm³/mol. The molecule has 18 heavy (non-hydrogen) atoms. The van der Waals surface area contributed by atoms with Crippen molar-refractivity contribution in [3.63, 3.8) is 0 Å². The predicted octanol–water partition coefficient (Wildman–Crippen LogP) is 5.14. The molecule has 1 aromatic carbocycles. The second-order valence-corrected chi connectivity index (χ2v) is 6.33. The first kappa shape index (κ1) is 14.2. The Hall–Kier alpha value is -0.240. The van der Waals surface area contributed by atoms with Crippen LogP contribution in [0.15, 0.2) is 18.2 Å². The lowest BCUT2D eigenvalue weighted by Crippen LogP contribution is -2.40. The number of hydrogen-bond acceptors (Lipinski definition) is 1. The third kappa shape index (κ3) is 3.01. The molecule has 1 aliphatic rings. The third-order valence-corrected chi connectivity index (χ3v) is 4.93. The van der Waals surface area contributed by atoms with Gasteiger partial charge in [-0.25, -0.2) is 0 Å². The highest BCUT2D eigenvalue weighted by atomic mass is 35.5. The van der Waals surface area contributed by atoms with Crippen molar-refractivity contribution in [3.8, 4) is 0 Å². The van der Waals surface area contributed by atoms with E-state index in [0.717, 1.165) is 24.3 Å². The minimum Gasteiger partial charge on any atom is -0.321 e. The van der Waals surface area contributed by atoms with Gasteiger partial charge >= 0.3 is 0 Å². The van der Waals surface area contributed by atoms with Crippen LogP contribution in [0.2, 0.25) is 10.0 Å². The summed E-state index contributed by atoms with van der Waals surface area (Å²) in [4.78, 5) is 0. The highest BCUT2D eigenvalue weighted by Crippen LogP contribution is 2.40. The van der Waals surface area contributed by atoms with Crippen molar-refractivity contribution >= 4 is 23.2 Å². The molecule has 2 N–H and O–H groups in total. The zero-order valence-corrected chi connectivity index (χ0v) is 12.4. The van der Waals surface area contributed by atoms with E-state index in [9.17, 15) is 0 Å². The van der Waals surface area contributed by atoms with Crippen LogP contribution in [0.5, 0.6) is 0 Å². The first-order valence-electron chi connectivity index (χ1n) is 6.79. The van der Waals surface area contributed by atoms with Gasteiger partial charge in [-0.2, -0.15) is 0 Å². The first-order valence-corrected chi connectivity index (χ1v) is 7.55. The van der Waals surface area contributed by atoms with E-state index in [1.54, 1.807) is 0 Å². The normalized spacial score (nSPS) is 28.3. The van der Waals surface area contributed by atoms with E-state index in [-0.39, 0.29) is 5.54 Å².